The first-order valence-electron chi connectivity index (χ1n) is 4.18. The molecule has 2 aromatic rings. The third-order valence-electron chi connectivity index (χ3n) is 2.17. The van der Waals surface area contributed by atoms with Crippen LogP contribution in [0.15, 0.2) is 18.2 Å². The lowest BCUT2D eigenvalue weighted by Crippen LogP contribution is -1.92. The number of anilines is 1. The molecule has 1 aromatic heterocycles. The van der Waals surface area contributed by atoms with Crippen molar-refractivity contribution in [2.75, 3.05) is 5.73 Å². The zero-order valence-electron chi connectivity index (χ0n) is 7.30. The molecule has 0 spiro atoms. The second kappa shape index (κ2) is 3.00. The van der Waals surface area contributed by atoms with Crippen molar-refractivity contribution in [1.29, 1.82) is 0 Å². The Morgan fingerprint density at radius 2 is 2.23 bits per heavy atom. The first kappa shape index (κ1) is 8.51. The highest BCUT2D eigenvalue weighted by molar-refractivity contribution is 7.17. The van der Waals surface area contributed by atoms with E-state index in [4.69, 9.17) is 5.73 Å². The van der Waals surface area contributed by atoms with E-state index in [1.54, 1.807) is 6.07 Å². The summed E-state index contributed by atoms with van der Waals surface area (Å²) in [5.41, 5.74) is 7.60. The Balaban J connectivity index is 2.82. The molecule has 0 aliphatic carbocycles. The monoisotopic (exact) mass is 195 g/mol. The number of benzene rings is 1. The van der Waals surface area contributed by atoms with E-state index in [9.17, 15) is 4.39 Å². The molecule has 13 heavy (non-hydrogen) atoms. The molecular weight excluding hydrogens is 185 g/mol. The maximum atomic E-state index is 12.9. The van der Waals surface area contributed by atoms with Gasteiger partial charge in [-0.2, -0.15) is 4.39 Å². The molecule has 0 saturated carbocycles. The highest BCUT2D eigenvalue weighted by Crippen LogP contribution is 2.30. The highest BCUT2D eigenvalue weighted by Gasteiger charge is 2.07. The molecule has 0 saturated heterocycles. The zero-order chi connectivity index (χ0) is 9.42. The van der Waals surface area contributed by atoms with Crippen LogP contribution >= 0.6 is 11.3 Å². The van der Waals surface area contributed by atoms with Crippen LogP contribution in [0.3, 0.4) is 0 Å². The molecule has 0 fully saturated rings. The average molecular weight is 195 g/mol. The van der Waals surface area contributed by atoms with Gasteiger partial charge >= 0.3 is 0 Å². The topological polar surface area (TPSA) is 26.0 Å². The molecule has 0 unspecified atom stereocenters. The Labute approximate surface area is 80.0 Å². The minimum absolute atomic E-state index is 0.143. The molecule has 1 nitrogen and oxygen atoms in total. The zero-order valence-corrected chi connectivity index (χ0v) is 8.12. The largest absolute Gasteiger partial charge is 0.398 e. The maximum absolute atomic E-state index is 12.9. The summed E-state index contributed by atoms with van der Waals surface area (Å²) in [4.78, 5) is 0. The van der Waals surface area contributed by atoms with Crippen molar-refractivity contribution < 1.29 is 4.39 Å². The highest BCUT2D eigenvalue weighted by atomic mass is 32.1. The van der Waals surface area contributed by atoms with E-state index in [1.807, 2.05) is 19.1 Å². The standard InChI is InChI=1S/C10H10FNS/c1-2-6-7-5-10(11)13-9(7)4-3-8(6)12/h3-5H,2,12H2,1H3. The van der Waals surface area contributed by atoms with E-state index < -0.39 is 0 Å². The fraction of sp³-hybridized carbons (Fsp3) is 0.200. The van der Waals surface area contributed by atoms with Crippen LogP contribution < -0.4 is 5.73 Å². The van der Waals surface area contributed by atoms with Gasteiger partial charge in [0, 0.05) is 15.8 Å². The van der Waals surface area contributed by atoms with Crippen molar-refractivity contribution in [1.82, 2.24) is 0 Å². The predicted molar refractivity (Wildman–Crippen MR) is 55.6 cm³/mol. The van der Waals surface area contributed by atoms with Crippen molar-refractivity contribution in [3.63, 3.8) is 0 Å². The summed E-state index contributed by atoms with van der Waals surface area (Å²) in [5.74, 6) is 0. The molecule has 0 aliphatic heterocycles. The van der Waals surface area contributed by atoms with Gasteiger partial charge in [-0.15, -0.1) is 11.3 Å². The normalized spacial score (nSPS) is 10.9. The number of hydrogen-bond acceptors (Lipinski definition) is 2. The molecule has 1 heterocycles. The second-order valence-electron chi connectivity index (χ2n) is 2.95. The van der Waals surface area contributed by atoms with Gasteiger partial charge in [-0.25, -0.2) is 0 Å². The first-order valence-corrected chi connectivity index (χ1v) is 5.00. The van der Waals surface area contributed by atoms with Crippen molar-refractivity contribution in [2.45, 2.75) is 13.3 Å². The molecule has 0 amide bonds. The number of nitrogen functional groups attached to an aromatic ring is 1. The molecule has 0 bridgehead atoms. The molecule has 1 aromatic carbocycles. The van der Waals surface area contributed by atoms with E-state index in [-0.39, 0.29) is 5.13 Å². The smallest absolute Gasteiger partial charge is 0.177 e. The van der Waals surface area contributed by atoms with Gasteiger partial charge in [-0.3, -0.25) is 0 Å². The van der Waals surface area contributed by atoms with Crippen molar-refractivity contribution in [2.24, 2.45) is 0 Å². The molecular formula is C10H10FNS. The lowest BCUT2D eigenvalue weighted by atomic mass is 10.1. The summed E-state index contributed by atoms with van der Waals surface area (Å²) in [6, 6.07) is 5.28. The van der Waals surface area contributed by atoms with Gasteiger partial charge in [-0.05, 0) is 30.2 Å². The number of thiophene rings is 1. The van der Waals surface area contributed by atoms with Gasteiger partial charge in [0.2, 0.25) is 0 Å². The minimum Gasteiger partial charge on any atom is -0.398 e. The van der Waals surface area contributed by atoms with Crippen LogP contribution in [0, 0.1) is 5.13 Å². The Morgan fingerprint density at radius 1 is 1.46 bits per heavy atom. The second-order valence-corrected chi connectivity index (χ2v) is 3.98. The van der Waals surface area contributed by atoms with E-state index in [0.29, 0.717) is 0 Å². The van der Waals surface area contributed by atoms with E-state index in [1.165, 1.54) is 11.3 Å². The predicted octanol–water partition coefficient (Wildman–Crippen LogP) is 3.19. The maximum Gasteiger partial charge on any atom is 0.177 e. The summed E-state index contributed by atoms with van der Waals surface area (Å²) >= 11 is 1.17. The van der Waals surface area contributed by atoms with Gasteiger partial charge in [0.15, 0.2) is 5.13 Å². The molecule has 2 rings (SSSR count). The van der Waals surface area contributed by atoms with Crippen LogP contribution in [-0.2, 0) is 6.42 Å². The average Bonchev–Trinajstić information content (AvgIpc) is 2.45. The van der Waals surface area contributed by atoms with E-state index >= 15 is 0 Å². The summed E-state index contributed by atoms with van der Waals surface area (Å²) in [6.45, 7) is 2.03. The van der Waals surface area contributed by atoms with Crippen LogP contribution in [0.1, 0.15) is 12.5 Å². The lowest BCUT2D eigenvalue weighted by molar-refractivity contribution is 0.658. The first-order chi connectivity index (χ1) is 6.22. The molecule has 0 radical (unpaired) electrons. The SMILES string of the molecule is CCc1c(N)ccc2sc(F)cc12. The number of halogens is 1. The van der Waals surface area contributed by atoms with Crippen LogP contribution in [0.2, 0.25) is 0 Å². The molecule has 0 atom stereocenters. The van der Waals surface area contributed by atoms with E-state index in [2.05, 4.69) is 0 Å². The minimum atomic E-state index is -0.143. The Hall–Kier alpha value is -1.09. The Morgan fingerprint density at radius 3 is 2.92 bits per heavy atom. The number of hydrogen-bond donors (Lipinski definition) is 1. The van der Waals surface area contributed by atoms with Gasteiger partial charge in [0.05, 0.1) is 0 Å². The Bertz CT molecular complexity index is 447. The third-order valence-corrected chi connectivity index (χ3v) is 3.06. The van der Waals surface area contributed by atoms with Crippen molar-refractivity contribution in [3.05, 3.63) is 28.9 Å². The van der Waals surface area contributed by atoms with Crippen molar-refractivity contribution in [3.8, 4) is 0 Å². The molecule has 0 aliphatic rings. The van der Waals surface area contributed by atoms with Gasteiger partial charge in [-0.1, -0.05) is 6.92 Å². The fourth-order valence-corrected chi connectivity index (χ4v) is 2.36. The molecule has 68 valence electrons. The van der Waals surface area contributed by atoms with Gasteiger partial charge in [0.1, 0.15) is 0 Å². The summed E-state index contributed by atoms with van der Waals surface area (Å²) in [7, 11) is 0. The van der Waals surface area contributed by atoms with E-state index in [0.717, 1.165) is 27.8 Å². The summed E-state index contributed by atoms with van der Waals surface area (Å²) in [5, 5.41) is 0.820. The molecule has 3 heteroatoms. The fourth-order valence-electron chi connectivity index (χ4n) is 1.55. The molecule has 2 N–H and O–H groups in total. The summed E-state index contributed by atoms with van der Waals surface area (Å²) in [6.07, 6.45) is 0.847. The van der Waals surface area contributed by atoms with Crippen LogP contribution in [-0.4, -0.2) is 0 Å². The van der Waals surface area contributed by atoms with Crippen LogP contribution in [0.5, 0.6) is 0 Å². The van der Waals surface area contributed by atoms with Gasteiger partial charge < -0.3 is 5.73 Å². The number of rotatable bonds is 1. The lowest BCUT2D eigenvalue weighted by Gasteiger charge is -2.03. The number of nitrogens with two attached hydrogens (primary N) is 1. The quantitative estimate of drug-likeness (QED) is 0.695. The third kappa shape index (κ3) is 1.29. The van der Waals surface area contributed by atoms with Crippen LogP contribution in [0.4, 0.5) is 10.1 Å². The summed E-state index contributed by atoms with van der Waals surface area (Å²) < 4.78 is 13.9. The Kier molecular flexibility index (Phi) is 1.96. The van der Waals surface area contributed by atoms with Crippen LogP contribution in [0.25, 0.3) is 10.1 Å². The van der Waals surface area contributed by atoms with Gasteiger partial charge in [0.25, 0.3) is 0 Å². The number of aryl methyl sites for hydroxylation is 1. The number of fused-ring (bicyclic) bond motifs is 1. The van der Waals surface area contributed by atoms with Crippen molar-refractivity contribution >= 4 is 27.1 Å².